The molecular weight excluding hydrogens is 860 g/mol. The van der Waals surface area contributed by atoms with Crippen LogP contribution in [-0.2, 0) is 35.3 Å². The average Bonchev–Trinajstić information content (AvgIpc) is 4.08. The second-order valence-electron chi connectivity index (χ2n) is 16.7. The first-order valence-electron chi connectivity index (χ1n) is 20.0. The number of benzene rings is 1. The maximum absolute atomic E-state index is 14.5. The van der Waals surface area contributed by atoms with Crippen molar-refractivity contribution in [1.82, 2.24) is 25.2 Å². The summed E-state index contributed by atoms with van der Waals surface area (Å²) in [6.07, 6.45) is -7.94. The van der Waals surface area contributed by atoms with Gasteiger partial charge in [-0.2, -0.15) is 26.3 Å². The van der Waals surface area contributed by atoms with E-state index in [1.165, 1.54) is 39.2 Å². The highest BCUT2D eigenvalue weighted by Crippen LogP contribution is 2.48. The van der Waals surface area contributed by atoms with Crippen molar-refractivity contribution in [2.75, 3.05) is 20.3 Å². The van der Waals surface area contributed by atoms with Gasteiger partial charge >= 0.3 is 18.4 Å². The molecule has 1 aliphatic heterocycles. The van der Waals surface area contributed by atoms with Crippen LogP contribution in [0.2, 0.25) is 0 Å². The molecule has 0 spiro atoms. The number of carbonyl (C=O) groups is 4. The zero-order chi connectivity index (χ0) is 46.2. The molecule has 1 saturated heterocycles. The van der Waals surface area contributed by atoms with Gasteiger partial charge in [-0.25, -0.2) is 22.6 Å². The average molecular weight is 910 g/mol. The summed E-state index contributed by atoms with van der Waals surface area (Å²) in [5, 5.41) is 4.82. The van der Waals surface area contributed by atoms with Crippen molar-refractivity contribution in [3.05, 3.63) is 42.1 Å². The largest absolute Gasteiger partial charge is 0.497 e. The molecule has 2 heterocycles. The zero-order valence-electron chi connectivity index (χ0n) is 34.8. The second kappa shape index (κ2) is 17.7. The third kappa shape index (κ3) is 10.1. The summed E-state index contributed by atoms with van der Waals surface area (Å²) < 4.78 is 139. The van der Waals surface area contributed by atoms with Crippen molar-refractivity contribution in [3.63, 3.8) is 0 Å². The number of aromatic nitrogens is 1. The van der Waals surface area contributed by atoms with Gasteiger partial charge in [-0.1, -0.05) is 45.8 Å². The lowest BCUT2D eigenvalue weighted by atomic mass is 10.0. The first-order chi connectivity index (χ1) is 28.7. The molecule has 22 heteroatoms. The molecule has 344 valence electrons. The number of carbonyl (C=O) groups excluding carboxylic acids is 4. The van der Waals surface area contributed by atoms with Gasteiger partial charge in [0, 0.05) is 17.7 Å². The van der Waals surface area contributed by atoms with E-state index in [1.807, 2.05) is 11.6 Å². The Bertz CT molecular complexity index is 2180. The van der Waals surface area contributed by atoms with Crippen molar-refractivity contribution in [2.45, 2.75) is 126 Å². The Morgan fingerprint density at radius 1 is 1.06 bits per heavy atom. The number of methoxy groups -OCH3 is 1. The van der Waals surface area contributed by atoms with Crippen LogP contribution in [0, 0.1) is 11.8 Å². The molecule has 5 atom stereocenters. The molecule has 1 aromatic heterocycles. The number of sulfonamides is 1. The van der Waals surface area contributed by atoms with Crippen LogP contribution < -0.4 is 24.8 Å². The maximum atomic E-state index is 14.5. The third-order valence-electron chi connectivity index (χ3n) is 11.4. The molecule has 3 N–H and O–H groups in total. The molecule has 2 saturated carbocycles. The van der Waals surface area contributed by atoms with Gasteiger partial charge < -0.3 is 29.7 Å². The summed E-state index contributed by atoms with van der Waals surface area (Å²) in [6.45, 7) is 4.20. The van der Waals surface area contributed by atoms with E-state index in [2.05, 4.69) is 20.4 Å². The molecule has 4 amide bonds. The van der Waals surface area contributed by atoms with E-state index >= 15 is 0 Å². The number of allylic oxidation sites excluding steroid dienone is 1. The summed E-state index contributed by atoms with van der Waals surface area (Å²) in [5.74, 6) is -5.17. The summed E-state index contributed by atoms with van der Waals surface area (Å²) in [5.41, 5.74) is -6.24. The fourth-order valence-electron chi connectivity index (χ4n) is 7.04. The van der Waals surface area contributed by atoms with Gasteiger partial charge in [0.15, 0.2) is 0 Å². The molecule has 2 aliphatic carbocycles. The van der Waals surface area contributed by atoms with E-state index in [1.54, 1.807) is 12.2 Å². The summed E-state index contributed by atoms with van der Waals surface area (Å²) in [6, 6.07) is 1.64. The van der Waals surface area contributed by atoms with E-state index in [-0.39, 0.29) is 35.8 Å². The fourth-order valence-corrected chi connectivity index (χ4v) is 8.47. The van der Waals surface area contributed by atoms with Gasteiger partial charge in [-0.15, -0.1) is 0 Å². The van der Waals surface area contributed by atoms with E-state index < -0.39 is 123 Å². The minimum Gasteiger partial charge on any atom is -0.497 e. The Labute approximate surface area is 353 Å². The lowest BCUT2D eigenvalue weighted by molar-refractivity contribution is -0.244. The molecule has 62 heavy (non-hydrogen) atoms. The number of alkyl halides is 7. The number of rotatable bonds is 17. The Hall–Kier alpha value is -4.89. The molecule has 0 radical (unpaired) electrons. The van der Waals surface area contributed by atoms with Crippen molar-refractivity contribution in [1.29, 1.82) is 0 Å². The quantitative estimate of drug-likeness (QED) is 0.0930. The van der Waals surface area contributed by atoms with Crippen LogP contribution in [-0.4, -0.2) is 103 Å². The number of fused-ring (bicyclic) bond motifs is 1. The molecule has 2 aromatic rings. The van der Waals surface area contributed by atoms with E-state index in [0.29, 0.717) is 20.3 Å². The normalized spacial score (nSPS) is 22.9. The number of amides is 4. The molecule has 1 aromatic carbocycles. The van der Waals surface area contributed by atoms with Crippen LogP contribution in [0.1, 0.15) is 85.3 Å². The van der Waals surface area contributed by atoms with Gasteiger partial charge in [-0.3, -0.25) is 19.1 Å². The predicted molar refractivity (Wildman–Crippen MR) is 209 cm³/mol. The van der Waals surface area contributed by atoms with E-state index in [0.717, 1.165) is 23.8 Å². The zero-order valence-corrected chi connectivity index (χ0v) is 35.7. The Kier molecular flexibility index (Phi) is 13.7. The molecule has 3 fully saturated rings. The minimum absolute atomic E-state index is 0.0154. The van der Waals surface area contributed by atoms with Crippen LogP contribution in [0.25, 0.3) is 10.8 Å². The van der Waals surface area contributed by atoms with Gasteiger partial charge in [0.1, 0.15) is 46.6 Å². The predicted octanol–water partition coefficient (Wildman–Crippen LogP) is 6.27. The molecule has 5 rings (SSSR count). The standard InChI is InChI=1S/C40H50F7N5O9S/c1-7-8-9-10-11-24-19-38(24,34(55)51-62(57,58)37(21-41)14-15-37)50-31(53)28-18-26(60-32-27-13-12-25(59-6)16-23(27)17-29(48-32)39(42,43)44)20-52(28)33(54)30(22(2)3)49-35(56)61-36(4,5)40(45,46)47/h10-13,16-17,22,24,26,28,30H,7-9,14-15,18-21H2,1-6H3,(H,49,56)(H,50,53)(H,51,55). The number of hydrogen-bond donors (Lipinski definition) is 3. The highest BCUT2D eigenvalue weighted by molar-refractivity contribution is 7.91. The number of hydrogen-bond acceptors (Lipinski definition) is 10. The van der Waals surface area contributed by atoms with Crippen LogP contribution >= 0.6 is 0 Å². The van der Waals surface area contributed by atoms with Crippen molar-refractivity contribution in [2.24, 2.45) is 11.8 Å². The van der Waals surface area contributed by atoms with Gasteiger partial charge in [-0.05, 0) is 75.1 Å². The van der Waals surface area contributed by atoms with Crippen LogP contribution in [0.15, 0.2) is 36.4 Å². The molecule has 5 unspecified atom stereocenters. The molecule has 0 bridgehead atoms. The molecule has 14 nitrogen and oxygen atoms in total. The van der Waals surface area contributed by atoms with Gasteiger partial charge in [0.05, 0.1) is 13.7 Å². The fraction of sp³-hybridized carbons (Fsp3) is 0.625. The lowest BCUT2D eigenvalue weighted by Gasteiger charge is -2.32. The topological polar surface area (TPSA) is 182 Å². The van der Waals surface area contributed by atoms with Crippen molar-refractivity contribution < 1.29 is 72.5 Å². The smallest absolute Gasteiger partial charge is 0.433 e. The van der Waals surface area contributed by atoms with Crippen LogP contribution in [0.4, 0.5) is 35.5 Å². The maximum Gasteiger partial charge on any atom is 0.433 e. The number of nitrogens with zero attached hydrogens (tertiary/aromatic N) is 2. The monoisotopic (exact) mass is 909 g/mol. The highest BCUT2D eigenvalue weighted by atomic mass is 32.2. The minimum atomic E-state index is -5.00. The number of ether oxygens (including phenoxy) is 3. The van der Waals surface area contributed by atoms with Crippen LogP contribution in [0.5, 0.6) is 11.6 Å². The van der Waals surface area contributed by atoms with Crippen LogP contribution in [0.3, 0.4) is 0 Å². The molecule has 3 aliphatic rings. The molecular formula is C40H50F7N5O9S. The SMILES string of the molecule is CCCCC=CC1CC1(NC(=O)C1CC(Oc2nc(C(F)(F)F)cc3cc(OC)ccc23)CN1C(=O)C(NC(=O)OC(C)(C)C(F)(F)F)C(C)C)C(=O)NS(=O)(=O)C1(CF)CC1. The first-order valence-corrected chi connectivity index (χ1v) is 21.4. The summed E-state index contributed by atoms with van der Waals surface area (Å²) >= 11 is 0. The van der Waals surface area contributed by atoms with Crippen molar-refractivity contribution >= 4 is 44.6 Å². The van der Waals surface area contributed by atoms with E-state index in [4.69, 9.17) is 9.47 Å². The Morgan fingerprint density at radius 3 is 2.31 bits per heavy atom. The lowest BCUT2D eigenvalue weighted by Crippen LogP contribution is -2.59. The number of unbranched alkanes of at least 4 members (excludes halogenated alkanes) is 2. The van der Waals surface area contributed by atoms with Crippen molar-refractivity contribution in [3.8, 4) is 11.6 Å². The number of halogens is 7. The van der Waals surface area contributed by atoms with Gasteiger partial charge in [0.2, 0.25) is 33.3 Å². The Balaban J connectivity index is 1.51. The first kappa shape index (κ1) is 48.1. The number of pyridine rings is 1. The summed E-state index contributed by atoms with van der Waals surface area (Å²) in [4.78, 5) is 60.2. The highest BCUT2D eigenvalue weighted by Gasteiger charge is 2.64. The summed E-state index contributed by atoms with van der Waals surface area (Å²) in [7, 11) is -3.25. The van der Waals surface area contributed by atoms with Gasteiger partial charge in [0.25, 0.3) is 5.91 Å². The number of nitrogens with one attached hydrogen (secondary N) is 3. The third-order valence-corrected chi connectivity index (χ3v) is 13.5. The van der Waals surface area contributed by atoms with E-state index in [9.17, 15) is 58.3 Å². The number of alkyl carbamates (subject to hydrolysis) is 1. The number of likely N-dealkylation sites (tertiary alicyclic amines) is 1. The Morgan fingerprint density at radius 2 is 1.74 bits per heavy atom. The second-order valence-corrected chi connectivity index (χ2v) is 18.8.